The molecule has 0 aliphatic rings. The van der Waals surface area contributed by atoms with Gasteiger partial charge in [-0.25, -0.2) is 0 Å². The third kappa shape index (κ3) is 3.15. The van der Waals surface area contributed by atoms with E-state index in [1.54, 1.807) is 12.1 Å². The van der Waals surface area contributed by atoms with Crippen LogP contribution in [0.25, 0.3) is 0 Å². The lowest BCUT2D eigenvalue weighted by molar-refractivity contribution is 0.102. The topological polar surface area (TPSA) is 49.3 Å². The Bertz CT molecular complexity index is 598. The van der Waals surface area contributed by atoms with E-state index < -0.39 is 0 Å². The van der Waals surface area contributed by atoms with E-state index in [1.807, 2.05) is 26.0 Å². The number of nitrogens with one attached hydrogen (secondary N) is 1. The minimum atomic E-state index is -0.201. The van der Waals surface area contributed by atoms with Crippen molar-refractivity contribution in [3.8, 4) is 5.75 Å². The second-order valence-corrected chi connectivity index (χ2v) is 5.29. The predicted octanol–water partition coefficient (Wildman–Crippen LogP) is 4.02. The minimum Gasteiger partial charge on any atom is -0.508 e. The summed E-state index contributed by atoms with van der Waals surface area (Å²) >= 11 is 3.46. The van der Waals surface area contributed by atoms with Gasteiger partial charge in [0.05, 0.1) is 5.69 Å². The highest BCUT2D eigenvalue weighted by Gasteiger charge is 2.10. The smallest absolute Gasteiger partial charge is 0.255 e. The second kappa shape index (κ2) is 5.45. The summed E-state index contributed by atoms with van der Waals surface area (Å²) in [4.78, 5) is 12.1. The number of carbonyl (C=O) groups excluding carboxylic acids is 1. The van der Waals surface area contributed by atoms with E-state index in [0.29, 0.717) is 5.56 Å². The molecule has 0 atom stereocenters. The maximum atomic E-state index is 12.1. The number of hydrogen-bond donors (Lipinski definition) is 2. The van der Waals surface area contributed by atoms with Gasteiger partial charge in [-0.05, 0) is 71.2 Å². The van der Waals surface area contributed by atoms with Crippen LogP contribution in [0, 0.1) is 13.8 Å². The number of phenols is 1. The molecule has 0 unspecified atom stereocenters. The molecule has 0 aromatic heterocycles. The van der Waals surface area contributed by atoms with E-state index in [0.717, 1.165) is 21.3 Å². The average molecular weight is 320 g/mol. The van der Waals surface area contributed by atoms with Gasteiger partial charge >= 0.3 is 0 Å². The van der Waals surface area contributed by atoms with Gasteiger partial charge in [0.2, 0.25) is 0 Å². The summed E-state index contributed by atoms with van der Waals surface area (Å²) in [5.74, 6) is -0.0584. The van der Waals surface area contributed by atoms with Crippen molar-refractivity contribution in [2.75, 3.05) is 5.32 Å². The minimum absolute atomic E-state index is 0.143. The Balaban J connectivity index is 2.26. The molecular weight excluding hydrogens is 306 g/mol. The summed E-state index contributed by atoms with van der Waals surface area (Å²) in [6.07, 6.45) is 0. The van der Waals surface area contributed by atoms with Gasteiger partial charge in [0.15, 0.2) is 0 Å². The zero-order chi connectivity index (χ0) is 14.0. The van der Waals surface area contributed by atoms with E-state index in [1.165, 1.54) is 12.1 Å². The molecule has 1 amide bonds. The van der Waals surface area contributed by atoms with Crippen molar-refractivity contribution in [1.29, 1.82) is 0 Å². The van der Waals surface area contributed by atoms with E-state index in [4.69, 9.17) is 0 Å². The van der Waals surface area contributed by atoms with Crippen molar-refractivity contribution in [3.05, 3.63) is 57.6 Å². The average Bonchev–Trinajstić information content (AvgIpc) is 2.34. The van der Waals surface area contributed by atoms with E-state index in [2.05, 4.69) is 21.2 Å². The summed E-state index contributed by atoms with van der Waals surface area (Å²) in [6.45, 7) is 3.95. The SMILES string of the molecule is Cc1cc(C)c(NC(=O)c2ccc(O)cc2)c(Br)c1. The Hall–Kier alpha value is -1.81. The Morgan fingerprint density at radius 1 is 1.16 bits per heavy atom. The standard InChI is InChI=1S/C15H14BrNO2/c1-9-7-10(2)14(13(16)8-9)17-15(19)11-3-5-12(18)6-4-11/h3-8,18H,1-2H3,(H,17,19). The summed E-state index contributed by atoms with van der Waals surface area (Å²) in [5.41, 5.74) is 3.40. The fourth-order valence-corrected chi connectivity index (χ4v) is 2.65. The molecule has 0 aliphatic heterocycles. The third-order valence-corrected chi connectivity index (χ3v) is 3.43. The van der Waals surface area contributed by atoms with Crippen LogP contribution in [0.3, 0.4) is 0 Å². The summed E-state index contributed by atoms with van der Waals surface area (Å²) in [6, 6.07) is 10.1. The van der Waals surface area contributed by atoms with Crippen LogP contribution >= 0.6 is 15.9 Å². The molecule has 3 nitrogen and oxygen atoms in total. The van der Waals surface area contributed by atoms with E-state index in [-0.39, 0.29) is 11.7 Å². The van der Waals surface area contributed by atoms with Gasteiger partial charge in [-0.3, -0.25) is 4.79 Å². The fourth-order valence-electron chi connectivity index (χ4n) is 1.87. The molecule has 2 aromatic carbocycles. The number of rotatable bonds is 2. The molecule has 0 aliphatic carbocycles. The summed E-state index contributed by atoms with van der Waals surface area (Å²) in [7, 11) is 0. The van der Waals surface area contributed by atoms with Crippen molar-refractivity contribution in [2.24, 2.45) is 0 Å². The first-order chi connectivity index (χ1) is 8.97. The van der Waals surface area contributed by atoms with Crippen LogP contribution in [0.2, 0.25) is 0 Å². The van der Waals surface area contributed by atoms with Crippen molar-refractivity contribution in [2.45, 2.75) is 13.8 Å². The quantitative estimate of drug-likeness (QED) is 0.878. The van der Waals surface area contributed by atoms with Gasteiger partial charge in [0, 0.05) is 10.0 Å². The Kier molecular flexibility index (Phi) is 3.90. The molecule has 0 radical (unpaired) electrons. The molecular formula is C15H14BrNO2. The molecule has 0 spiro atoms. The zero-order valence-electron chi connectivity index (χ0n) is 10.7. The predicted molar refractivity (Wildman–Crippen MR) is 79.7 cm³/mol. The lowest BCUT2D eigenvalue weighted by atomic mass is 10.1. The van der Waals surface area contributed by atoms with Crippen LogP contribution in [0.4, 0.5) is 5.69 Å². The number of hydrogen-bond acceptors (Lipinski definition) is 2. The lowest BCUT2D eigenvalue weighted by Crippen LogP contribution is -2.13. The Morgan fingerprint density at radius 3 is 2.37 bits per heavy atom. The largest absolute Gasteiger partial charge is 0.508 e. The van der Waals surface area contributed by atoms with Crippen LogP contribution in [-0.4, -0.2) is 11.0 Å². The number of amides is 1. The van der Waals surface area contributed by atoms with Gasteiger partial charge in [-0.2, -0.15) is 0 Å². The number of halogens is 1. The van der Waals surface area contributed by atoms with E-state index >= 15 is 0 Å². The number of carbonyl (C=O) groups is 1. The third-order valence-electron chi connectivity index (χ3n) is 2.80. The second-order valence-electron chi connectivity index (χ2n) is 4.44. The van der Waals surface area contributed by atoms with Gasteiger partial charge in [-0.1, -0.05) is 6.07 Å². The highest BCUT2D eigenvalue weighted by molar-refractivity contribution is 9.10. The highest BCUT2D eigenvalue weighted by Crippen LogP contribution is 2.28. The van der Waals surface area contributed by atoms with Crippen molar-refractivity contribution < 1.29 is 9.90 Å². The van der Waals surface area contributed by atoms with Crippen LogP contribution in [0.15, 0.2) is 40.9 Å². The zero-order valence-corrected chi connectivity index (χ0v) is 12.3. The van der Waals surface area contributed by atoms with Gasteiger partial charge < -0.3 is 10.4 Å². The van der Waals surface area contributed by atoms with Crippen LogP contribution in [-0.2, 0) is 0 Å². The van der Waals surface area contributed by atoms with E-state index in [9.17, 15) is 9.90 Å². The van der Waals surface area contributed by atoms with Crippen LogP contribution in [0.1, 0.15) is 21.5 Å². The summed E-state index contributed by atoms with van der Waals surface area (Å²) in [5, 5.41) is 12.1. The Labute approximate surface area is 120 Å². The molecule has 2 aromatic rings. The number of benzene rings is 2. The molecule has 0 saturated carbocycles. The first-order valence-corrected chi connectivity index (χ1v) is 6.64. The fraction of sp³-hybridized carbons (Fsp3) is 0.133. The first kappa shape index (κ1) is 13.6. The molecule has 4 heteroatoms. The monoisotopic (exact) mass is 319 g/mol. The molecule has 98 valence electrons. The van der Waals surface area contributed by atoms with Gasteiger partial charge in [-0.15, -0.1) is 0 Å². The maximum Gasteiger partial charge on any atom is 0.255 e. The molecule has 2 rings (SSSR count). The van der Waals surface area contributed by atoms with Crippen molar-refractivity contribution >= 4 is 27.5 Å². The van der Waals surface area contributed by atoms with Crippen LogP contribution in [0.5, 0.6) is 5.75 Å². The molecule has 0 bridgehead atoms. The summed E-state index contributed by atoms with van der Waals surface area (Å²) < 4.78 is 0.858. The number of phenolic OH excluding ortho intramolecular Hbond substituents is 1. The first-order valence-electron chi connectivity index (χ1n) is 5.84. The molecule has 0 fully saturated rings. The normalized spacial score (nSPS) is 10.3. The highest BCUT2D eigenvalue weighted by atomic mass is 79.9. The number of aryl methyl sites for hydroxylation is 2. The molecule has 0 saturated heterocycles. The van der Waals surface area contributed by atoms with Gasteiger partial charge in [0.25, 0.3) is 5.91 Å². The molecule has 0 heterocycles. The molecule has 2 N–H and O–H groups in total. The van der Waals surface area contributed by atoms with Gasteiger partial charge in [0.1, 0.15) is 5.75 Å². The van der Waals surface area contributed by atoms with Crippen molar-refractivity contribution in [1.82, 2.24) is 0 Å². The van der Waals surface area contributed by atoms with Crippen molar-refractivity contribution in [3.63, 3.8) is 0 Å². The number of anilines is 1. The maximum absolute atomic E-state index is 12.1. The van der Waals surface area contributed by atoms with Crippen LogP contribution < -0.4 is 5.32 Å². The molecule has 19 heavy (non-hydrogen) atoms. The lowest BCUT2D eigenvalue weighted by Gasteiger charge is -2.11. The number of aromatic hydroxyl groups is 1. The Morgan fingerprint density at radius 2 is 1.79 bits per heavy atom.